The number of carbonyl (C=O) groups is 1. The second-order valence-electron chi connectivity index (χ2n) is 6.47. The van der Waals surface area contributed by atoms with E-state index in [1.807, 2.05) is 24.3 Å². The molecule has 5 rings (SSSR count). The zero-order chi connectivity index (χ0) is 17.8. The molecule has 6 heteroatoms. The van der Waals surface area contributed by atoms with Crippen LogP contribution in [0.5, 0.6) is 0 Å². The standard InChI is InChI=1S/C20H14N2O4/c23-17-9-16-19-13(5-7-22(16)10-14(17)20(24)25)12-4-3-11(8-18(12)26-19)15-2-1-6-21-15/h1,3-4,6,8-10H,2,5,7H2,(H,24,25). The lowest BCUT2D eigenvalue weighted by Crippen LogP contribution is -2.21. The van der Waals surface area contributed by atoms with Gasteiger partial charge in [0, 0.05) is 42.4 Å². The molecule has 1 aromatic carbocycles. The lowest BCUT2D eigenvalue weighted by molar-refractivity contribution is 0.0694. The van der Waals surface area contributed by atoms with Crippen LogP contribution in [-0.4, -0.2) is 21.4 Å². The van der Waals surface area contributed by atoms with Crippen LogP contribution in [0.3, 0.4) is 0 Å². The van der Waals surface area contributed by atoms with Crippen LogP contribution in [0, 0.1) is 0 Å². The predicted molar refractivity (Wildman–Crippen MR) is 96.9 cm³/mol. The van der Waals surface area contributed by atoms with E-state index in [-0.39, 0.29) is 5.56 Å². The molecule has 0 spiro atoms. The monoisotopic (exact) mass is 346 g/mol. The van der Waals surface area contributed by atoms with E-state index in [0.717, 1.165) is 40.6 Å². The summed E-state index contributed by atoms with van der Waals surface area (Å²) in [5.41, 5.74) is 3.73. The molecule has 128 valence electrons. The molecule has 6 nitrogen and oxygen atoms in total. The smallest absolute Gasteiger partial charge is 0.341 e. The van der Waals surface area contributed by atoms with Crippen LogP contribution in [0.15, 0.2) is 56.9 Å². The fraction of sp³-hybridized carbons (Fsp3) is 0.150. The van der Waals surface area contributed by atoms with Crippen molar-refractivity contribution < 1.29 is 14.3 Å². The number of hydrogen-bond donors (Lipinski definition) is 1. The number of fused-ring (bicyclic) bond motifs is 5. The Hall–Kier alpha value is -3.41. The van der Waals surface area contributed by atoms with E-state index in [1.165, 1.54) is 12.3 Å². The van der Waals surface area contributed by atoms with E-state index in [4.69, 9.17) is 9.52 Å². The third-order valence-corrected chi connectivity index (χ3v) is 4.97. The topological polar surface area (TPSA) is 84.8 Å². The summed E-state index contributed by atoms with van der Waals surface area (Å²) in [5.74, 6) is -0.569. The number of rotatable bonds is 2. The molecule has 3 aromatic rings. The maximum absolute atomic E-state index is 12.1. The Labute approximate surface area is 147 Å². The molecule has 0 saturated carbocycles. The lowest BCUT2D eigenvalue weighted by atomic mass is 9.99. The highest BCUT2D eigenvalue weighted by molar-refractivity contribution is 6.05. The SMILES string of the molecule is O=C(O)c1cn2c(cc1=O)-c1oc3cc(C4=NC=CC4)ccc3c1CC2. The molecule has 0 amide bonds. The van der Waals surface area contributed by atoms with Crippen molar-refractivity contribution >= 4 is 22.7 Å². The van der Waals surface area contributed by atoms with Gasteiger partial charge < -0.3 is 14.1 Å². The maximum atomic E-state index is 12.1. The first-order chi connectivity index (χ1) is 12.6. The van der Waals surface area contributed by atoms with Crippen LogP contribution >= 0.6 is 0 Å². The Morgan fingerprint density at radius 2 is 2.15 bits per heavy atom. The molecular weight excluding hydrogens is 332 g/mol. The first-order valence-electron chi connectivity index (χ1n) is 8.37. The zero-order valence-electron chi connectivity index (χ0n) is 13.7. The molecule has 2 aliphatic heterocycles. The molecule has 2 aliphatic rings. The average molecular weight is 346 g/mol. The van der Waals surface area contributed by atoms with Gasteiger partial charge in [0.1, 0.15) is 11.1 Å². The van der Waals surface area contributed by atoms with Gasteiger partial charge in [-0.25, -0.2) is 4.79 Å². The quantitative estimate of drug-likeness (QED) is 0.772. The number of aromatic carboxylic acids is 1. The van der Waals surface area contributed by atoms with Gasteiger partial charge in [-0.2, -0.15) is 0 Å². The number of furan rings is 1. The number of nitrogens with zero attached hydrogens (tertiary/aromatic N) is 2. The summed E-state index contributed by atoms with van der Waals surface area (Å²) >= 11 is 0. The van der Waals surface area contributed by atoms with E-state index < -0.39 is 11.4 Å². The van der Waals surface area contributed by atoms with Crippen molar-refractivity contribution in [3.8, 4) is 11.5 Å². The number of aryl methyl sites for hydroxylation is 2. The minimum atomic E-state index is -1.21. The van der Waals surface area contributed by atoms with Gasteiger partial charge in [0.25, 0.3) is 0 Å². The molecule has 2 aromatic heterocycles. The van der Waals surface area contributed by atoms with E-state index in [0.29, 0.717) is 18.0 Å². The van der Waals surface area contributed by atoms with E-state index in [1.54, 1.807) is 10.8 Å². The number of hydrogen-bond acceptors (Lipinski definition) is 4. The number of aliphatic imine (C=N–C) groups is 1. The number of carboxylic acid groups (broad SMARTS) is 1. The molecule has 0 aliphatic carbocycles. The first-order valence-corrected chi connectivity index (χ1v) is 8.37. The summed E-state index contributed by atoms with van der Waals surface area (Å²) in [4.78, 5) is 27.7. The number of pyridine rings is 1. The first kappa shape index (κ1) is 14.9. The summed E-state index contributed by atoms with van der Waals surface area (Å²) < 4.78 is 7.87. The lowest BCUT2D eigenvalue weighted by Gasteiger charge is -2.18. The van der Waals surface area contributed by atoms with E-state index in [2.05, 4.69) is 4.99 Å². The van der Waals surface area contributed by atoms with E-state index in [9.17, 15) is 9.59 Å². The molecule has 0 bridgehead atoms. The van der Waals surface area contributed by atoms with Gasteiger partial charge in [-0.3, -0.25) is 9.79 Å². The van der Waals surface area contributed by atoms with Gasteiger partial charge in [-0.15, -0.1) is 0 Å². The Kier molecular flexibility index (Phi) is 3.03. The van der Waals surface area contributed by atoms with E-state index >= 15 is 0 Å². The summed E-state index contributed by atoms with van der Waals surface area (Å²) in [6.45, 7) is 0.607. The molecule has 0 saturated heterocycles. The van der Waals surface area contributed by atoms with Crippen LogP contribution in [-0.2, 0) is 13.0 Å². The van der Waals surface area contributed by atoms with Crippen molar-refractivity contribution in [3.63, 3.8) is 0 Å². The molecule has 0 atom stereocenters. The summed E-state index contributed by atoms with van der Waals surface area (Å²) in [6.07, 6.45) is 6.74. The van der Waals surface area contributed by atoms with Crippen LogP contribution in [0.4, 0.5) is 0 Å². The van der Waals surface area contributed by atoms with Crippen LogP contribution in [0.2, 0.25) is 0 Å². The van der Waals surface area contributed by atoms with Gasteiger partial charge in [0.15, 0.2) is 11.2 Å². The van der Waals surface area contributed by atoms with Crippen molar-refractivity contribution in [3.05, 3.63) is 69.7 Å². The van der Waals surface area contributed by atoms with Crippen molar-refractivity contribution in [2.75, 3.05) is 0 Å². The third-order valence-electron chi connectivity index (χ3n) is 4.97. The minimum Gasteiger partial charge on any atom is -0.477 e. The number of carboxylic acids is 1. The molecule has 26 heavy (non-hydrogen) atoms. The molecular formula is C20H14N2O4. The fourth-order valence-electron chi connectivity index (χ4n) is 3.68. The highest BCUT2D eigenvalue weighted by Gasteiger charge is 2.25. The third kappa shape index (κ3) is 2.08. The van der Waals surface area contributed by atoms with Gasteiger partial charge in [0.2, 0.25) is 0 Å². The van der Waals surface area contributed by atoms with Crippen LogP contribution in [0.25, 0.3) is 22.4 Å². The Bertz CT molecular complexity index is 1210. The fourth-order valence-corrected chi connectivity index (χ4v) is 3.68. The Morgan fingerprint density at radius 1 is 1.27 bits per heavy atom. The predicted octanol–water partition coefficient (Wildman–Crippen LogP) is 3.22. The van der Waals surface area contributed by atoms with Crippen molar-refractivity contribution in [1.29, 1.82) is 0 Å². The van der Waals surface area contributed by atoms with Crippen molar-refractivity contribution in [2.45, 2.75) is 19.4 Å². The van der Waals surface area contributed by atoms with Gasteiger partial charge >= 0.3 is 5.97 Å². The minimum absolute atomic E-state index is 0.220. The molecule has 1 N–H and O–H groups in total. The highest BCUT2D eigenvalue weighted by atomic mass is 16.4. The number of aromatic nitrogens is 1. The van der Waals surface area contributed by atoms with Crippen molar-refractivity contribution in [2.24, 2.45) is 4.99 Å². The van der Waals surface area contributed by atoms with Crippen LogP contribution < -0.4 is 5.43 Å². The van der Waals surface area contributed by atoms with Gasteiger partial charge in [-0.1, -0.05) is 18.2 Å². The second-order valence-corrected chi connectivity index (χ2v) is 6.47. The summed E-state index contributed by atoms with van der Waals surface area (Å²) in [7, 11) is 0. The molecule has 4 heterocycles. The Balaban J connectivity index is 1.69. The second kappa shape index (κ2) is 5.29. The number of allylic oxidation sites excluding steroid dienone is 1. The van der Waals surface area contributed by atoms with Gasteiger partial charge in [-0.05, 0) is 18.1 Å². The van der Waals surface area contributed by atoms with Crippen molar-refractivity contribution in [1.82, 2.24) is 4.57 Å². The van der Waals surface area contributed by atoms with Gasteiger partial charge in [0.05, 0.1) is 11.4 Å². The average Bonchev–Trinajstić information content (AvgIpc) is 3.28. The largest absolute Gasteiger partial charge is 0.477 e. The molecule has 0 unspecified atom stereocenters. The maximum Gasteiger partial charge on any atom is 0.341 e. The Morgan fingerprint density at radius 3 is 2.92 bits per heavy atom. The highest BCUT2D eigenvalue weighted by Crippen LogP contribution is 2.37. The zero-order valence-corrected chi connectivity index (χ0v) is 13.7. The number of benzene rings is 1. The summed E-state index contributed by atoms with van der Waals surface area (Å²) in [6, 6.07) is 7.41. The summed E-state index contributed by atoms with van der Waals surface area (Å²) in [5, 5.41) is 10.2. The normalized spacial score (nSPS) is 15.0. The molecule has 0 radical (unpaired) electrons. The van der Waals surface area contributed by atoms with Crippen LogP contribution in [0.1, 0.15) is 27.9 Å². The molecule has 0 fully saturated rings.